The third-order valence-corrected chi connectivity index (χ3v) is 7.61. The van der Waals surface area contributed by atoms with E-state index >= 15 is 0 Å². The number of thiophene rings is 1. The summed E-state index contributed by atoms with van der Waals surface area (Å²) in [5.41, 5.74) is 2.04. The van der Waals surface area contributed by atoms with Gasteiger partial charge in [-0.05, 0) is 55.4 Å². The lowest BCUT2D eigenvalue weighted by Crippen LogP contribution is -2.26. The summed E-state index contributed by atoms with van der Waals surface area (Å²) in [4.78, 5) is 46.2. The standard InChI is InChI=1S/C25H24N4O4S/c26-10-12-29-20(27-23-22(24(29)31)18-7-1-2-8-19(18)34-23)15-33-25(32)17-6-3-5-16(13-17)14-28-11-4-9-21(28)30/h3,5-6,13H,1-2,4,7-9,11-12,14-15H2. The summed E-state index contributed by atoms with van der Waals surface area (Å²) < 4.78 is 6.82. The van der Waals surface area contributed by atoms with Crippen LogP contribution in [-0.4, -0.2) is 32.9 Å². The summed E-state index contributed by atoms with van der Waals surface area (Å²) in [6.07, 6.45) is 5.36. The van der Waals surface area contributed by atoms with Crippen LogP contribution < -0.4 is 5.56 Å². The van der Waals surface area contributed by atoms with Crippen LogP contribution in [0.15, 0.2) is 29.1 Å². The number of likely N-dealkylation sites (tertiary alicyclic amines) is 1. The molecule has 0 radical (unpaired) electrons. The molecule has 0 atom stereocenters. The average Bonchev–Trinajstić information content (AvgIpc) is 3.42. The lowest BCUT2D eigenvalue weighted by atomic mass is 9.97. The van der Waals surface area contributed by atoms with E-state index in [1.807, 2.05) is 12.1 Å². The molecule has 0 N–H and O–H groups in total. The fraction of sp³-hybridized carbons (Fsp3) is 0.400. The van der Waals surface area contributed by atoms with Crippen LogP contribution in [0, 0.1) is 11.3 Å². The Morgan fingerprint density at radius 2 is 2.03 bits per heavy atom. The van der Waals surface area contributed by atoms with Crippen LogP contribution in [0.1, 0.15) is 57.9 Å². The molecule has 1 saturated heterocycles. The number of nitrogens with zero attached hydrogens (tertiary/aromatic N) is 4. The minimum Gasteiger partial charge on any atom is -0.454 e. The molecule has 174 valence electrons. The predicted octanol–water partition coefficient (Wildman–Crippen LogP) is 3.34. The van der Waals surface area contributed by atoms with Gasteiger partial charge >= 0.3 is 5.97 Å². The highest BCUT2D eigenvalue weighted by Gasteiger charge is 2.23. The molecule has 8 nitrogen and oxygen atoms in total. The van der Waals surface area contributed by atoms with Gasteiger partial charge in [0.2, 0.25) is 5.91 Å². The molecule has 1 fully saturated rings. The van der Waals surface area contributed by atoms with E-state index < -0.39 is 5.97 Å². The minimum absolute atomic E-state index is 0.125. The Morgan fingerprint density at radius 3 is 2.82 bits per heavy atom. The molecule has 34 heavy (non-hydrogen) atoms. The number of aromatic nitrogens is 2. The zero-order valence-corrected chi connectivity index (χ0v) is 19.5. The Hall–Kier alpha value is -3.51. The minimum atomic E-state index is -0.544. The molecular formula is C25H24N4O4S. The Kier molecular flexibility index (Phi) is 6.16. The average molecular weight is 477 g/mol. The zero-order valence-electron chi connectivity index (χ0n) is 18.7. The Bertz CT molecular complexity index is 1380. The summed E-state index contributed by atoms with van der Waals surface area (Å²) in [5.74, 6) is -0.150. The fourth-order valence-electron chi connectivity index (χ4n) is 4.73. The van der Waals surface area contributed by atoms with E-state index in [9.17, 15) is 19.6 Å². The largest absolute Gasteiger partial charge is 0.454 e. The van der Waals surface area contributed by atoms with E-state index in [4.69, 9.17) is 4.74 Å². The van der Waals surface area contributed by atoms with E-state index in [2.05, 4.69) is 4.98 Å². The smallest absolute Gasteiger partial charge is 0.338 e. The SMILES string of the molecule is N#CCn1c(COC(=O)c2cccc(CN3CCCC3=O)c2)nc2sc3c(c2c1=O)CCCC3. The molecule has 0 unspecified atom stereocenters. The van der Waals surface area contributed by atoms with Crippen LogP contribution in [0.3, 0.4) is 0 Å². The first-order valence-corrected chi connectivity index (χ1v) is 12.3. The van der Waals surface area contributed by atoms with Gasteiger partial charge in [0, 0.05) is 24.4 Å². The van der Waals surface area contributed by atoms with Crippen molar-refractivity contribution in [2.75, 3.05) is 6.54 Å². The maximum atomic E-state index is 13.2. The number of nitriles is 1. The zero-order chi connectivity index (χ0) is 23.7. The van der Waals surface area contributed by atoms with Crippen molar-refractivity contribution >= 4 is 33.4 Å². The van der Waals surface area contributed by atoms with Crippen molar-refractivity contribution in [3.63, 3.8) is 0 Å². The van der Waals surface area contributed by atoms with Gasteiger partial charge in [0.1, 0.15) is 18.0 Å². The number of carbonyl (C=O) groups excluding carboxylic acids is 2. The van der Waals surface area contributed by atoms with E-state index in [1.165, 1.54) is 20.8 Å². The predicted molar refractivity (Wildman–Crippen MR) is 126 cm³/mol. The van der Waals surface area contributed by atoms with Gasteiger partial charge in [-0.2, -0.15) is 5.26 Å². The number of hydrogen-bond acceptors (Lipinski definition) is 7. The summed E-state index contributed by atoms with van der Waals surface area (Å²) >= 11 is 1.52. The Morgan fingerprint density at radius 1 is 1.18 bits per heavy atom. The maximum absolute atomic E-state index is 13.2. The number of fused-ring (bicyclic) bond motifs is 3. The maximum Gasteiger partial charge on any atom is 0.338 e. The molecule has 1 aliphatic heterocycles. The summed E-state index contributed by atoms with van der Waals surface area (Å²) in [7, 11) is 0. The Labute approximate surface area is 200 Å². The quantitative estimate of drug-likeness (QED) is 0.505. The van der Waals surface area contributed by atoms with Crippen molar-refractivity contribution in [3.8, 4) is 6.07 Å². The summed E-state index contributed by atoms with van der Waals surface area (Å²) in [6.45, 7) is 0.828. The van der Waals surface area contributed by atoms with E-state index in [-0.39, 0.29) is 30.4 Å². The number of amides is 1. The van der Waals surface area contributed by atoms with Crippen molar-refractivity contribution in [3.05, 3.63) is 62.0 Å². The molecule has 1 amide bonds. The van der Waals surface area contributed by atoms with Gasteiger partial charge in [-0.15, -0.1) is 11.3 Å². The van der Waals surface area contributed by atoms with Gasteiger partial charge in [0.15, 0.2) is 5.82 Å². The van der Waals surface area contributed by atoms with Crippen LogP contribution >= 0.6 is 11.3 Å². The van der Waals surface area contributed by atoms with E-state index in [0.29, 0.717) is 28.7 Å². The van der Waals surface area contributed by atoms with Gasteiger partial charge in [0.25, 0.3) is 5.56 Å². The van der Waals surface area contributed by atoms with Gasteiger partial charge in [-0.3, -0.25) is 14.2 Å². The molecule has 0 spiro atoms. The van der Waals surface area contributed by atoms with Gasteiger partial charge in [0.05, 0.1) is 17.0 Å². The number of ether oxygens (including phenoxy) is 1. The number of aryl methyl sites for hydroxylation is 2. The fourth-order valence-corrected chi connectivity index (χ4v) is 6.00. The topological polar surface area (TPSA) is 105 Å². The van der Waals surface area contributed by atoms with Crippen LogP contribution in [0.25, 0.3) is 10.2 Å². The van der Waals surface area contributed by atoms with Gasteiger partial charge in [-0.25, -0.2) is 9.78 Å². The normalized spacial score (nSPS) is 15.4. The van der Waals surface area contributed by atoms with Crippen molar-refractivity contribution in [2.24, 2.45) is 0 Å². The second-order valence-corrected chi connectivity index (χ2v) is 9.75. The monoisotopic (exact) mass is 476 g/mol. The number of rotatable bonds is 6. The molecule has 1 aliphatic carbocycles. The molecule has 0 saturated carbocycles. The van der Waals surface area contributed by atoms with Crippen LogP contribution in [0.4, 0.5) is 0 Å². The highest BCUT2D eigenvalue weighted by molar-refractivity contribution is 7.18. The van der Waals surface area contributed by atoms with Crippen LogP contribution in [0.2, 0.25) is 0 Å². The van der Waals surface area contributed by atoms with Crippen molar-refractivity contribution in [1.82, 2.24) is 14.5 Å². The highest BCUT2D eigenvalue weighted by atomic mass is 32.1. The second-order valence-electron chi connectivity index (χ2n) is 8.66. The van der Waals surface area contributed by atoms with Gasteiger partial charge < -0.3 is 9.64 Å². The molecule has 3 aromatic rings. The van der Waals surface area contributed by atoms with Gasteiger partial charge in [-0.1, -0.05) is 12.1 Å². The molecule has 5 rings (SSSR count). The third kappa shape index (κ3) is 4.21. The van der Waals surface area contributed by atoms with E-state index in [0.717, 1.165) is 49.8 Å². The lowest BCUT2D eigenvalue weighted by molar-refractivity contribution is -0.128. The molecule has 9 heteroatoms. The number of benzene rings is 1. The van der Waals surface area contributed by atoms with Crippen molar-refractivity contribution in [1.29, 1.82) is 5.26 Å². The van der Waals surface area contributed by atoms with Crippen molar-refractivity contribution < 1.29 is 14.3 Å². The molecule has 1 aromatic carbocycles. The first-order chi connectivity index (χ1) is 16.5. The first-order valence-electron chi connectivity index (χ1n) is 11.5. The Balaban J connectivity index is 1.37. The van der Waals surface area contributed by atoms with Crippen LogP contribution in [-0.2, 0) is 42.1 Å². The van der Waals surface area contributed by atoms with Crippen molar-refractivity contribution in [2.45, 2.75) is 58.2 Å². The number of hydrogen-bond donors (Lipinski definition) is 0. The number of carbonyl (C=O) groups is 2. The molecule has 2 aliphatic rings. The molecular weight excluding hydrogens is 452 g/mol. The summed E-state index contributed by atoms with van der Waals surface area (Å²) in [5, 5.41) is 9.89. The highest BCUT2D eigenvalue weighted by Crippen LogP contribution is 2.33. The first kappa shape index (κ1) is 22.3. The third-order valence-electron chi connectivity index (χ3n) is 6.42. The van der Waals surface area contributed by atoms with E-state index in [1.54, 1.807) is 23.1 Å². The number of esters is 1. The molecule has 3 heterocycles. The second kappa shape index (κ2) is 9.39. The molecule has 2 aromatic heterocycles. The van der Waals surface area contributed by atoms with Crippen LogP contribution in [0.5, 0.6) is 0 Å². The summed E-state index contributed by atoms with van der Waals surface area (Å²) in [6, 6.07) is 9.04. The lowest BCUT2D eigenvalue weighted by Gasteiger charge is -2.16. The molecule has 0 bridgehead atoms.